The fourth-order valence-electron chi connectivity index (χ4n) is 3.11. The second-order valence-corrected chi connectivity index (χ2v) is 5.77. The van der Waals surface area contributed by atoms with Gasteiger partial charge in [-0.3, -0.25) is 0 Å². The first-order valence-electron chi connectivity index (χ1n) is 7.10. The highest BCUT2D eigenvalue weighted by molar-refractivity contribution is 5.21. The highest BCUT2D eigenvalue weighted by Gasteiger charge is 2.26. The van der Waals surface area contributed by atoms with Gasteiger partial charge in [0.05, 0.1) is 0 Å². The van der Waals surface area contributed by atoms with Gasteiger partial charge in [0, 0.05) is 19.1 Å². The Morgan fingerprint density at radius 2 is 1.94 bits per heavy atom. The van der Waals surface area contributed by atoms with E-state index >= 15 is 0 Å². The van der Waals surface area contributed by atoms with Gasteiger partial charge in [0.1, 0.15) is 0 Å². The molecule has 2 atom stereocenters. The van der Waals surface area contributed by atoms with Gasteiger partial charge in [-0.05, 0) is 45.3 Å². The lowest BCUT2D eigenvalue weighted by molar-refractivity contribution is 0.249. The zero-order chi connectivity index (χ0) is 13.0. The van der Waals surface area contributed by atoms with E-state index in [1.807, 2.05) is 0 Å². The third-order valence-corrected chi connectivity index (χ3v) is 4.15. The largest absolute Gasteiger partial charge is 0.317 e. The van der Waals surface area contributed by atoms with Crippen molar-refractivity contribution >= 4 is 0 Å². The molecule has 0 spiro atoms. The van der Waals surface area contributed by atoms with Crippen molar-refractivity contribution < 1.29 is 0 Å². The van der Waals surface area contributed by atoms with E-state index in [2.05, 4.69) is 55.5 Å². The van der Waals surface area contributed by atoms with Crippen LogP contribution in [0.25, 0.3) is 0 Å². The van der Waals surface area contributed by atoms with Gasteiger partial charge in [0.2, 0.25) is 0 Å². The molecule has 1 aliphatic carbocycles. The van der Waals surface area contributed by atoms with E-state index < -0.39 is 0 Å². The lowest BCUT2D eigenvalue weighted by atomic mass is 10.0. The molecule has 0 aliphatic heterocycles. The molecule has 0 heterocycles. The number of nitrogens with one attached hydrogen (secondary N) is 1. The van der Waals surface area contributed by atoms with Crippen LogP contribution in [0.1, 0.15) is 30.4 Å². The zero-order valence-electron chi connectivity index (χ0n) is 11.9. The Balaban J connectivity index is 1.84. The summed E-state index contributed by atoms with van der Waals surface area (Å²) in [5.41, 5.74) is 2.76. The zero-order valence-corrected chi connectivity index (χ0v) is 11.9. The lowest BCUT2D eigenvalue weighted by Gasteiger charge is -2.25. The molecule has 1 aromatic rings. The maximum Gasteiger partial charge on any atom is 0.0230 e. The number of rotatable bonds is 5. The van der Waals surface area contributed by atoms with Crippen LogP contribution in [0.4, 0.5) is 0 Å². The molecule has 1 saturated carbocycles. The van der Waals surface area contributed by atoms with Crippen molar-refractivity contribution in [2.24, 2.45) is 5.92 Å². The van der Waals surface area contributed by atoms with Crippen LogP contribution in [0.15, 0.2) is 24.3 Å². The van der Waals surface area contributed by atoms with Gasteiger partial charge in [0.15, 0.2) is 0 Å². The lowest BCUT2D eigenvalue weighted by Crippen LogP contribution is -2.36. The topological polar surface area (TPSA) is 15.3 Å². The van der Waals surface area contributed by atoms with E-state index in [9.17, 15) is 0 Å². The van der Waals surface area contributed by atoms with Crippen LogP contribution in [-0.4, -0.2) is 31.6 Å². The quantitative estimate of drug-likeness (QED) is 0.859. The standard InChI is InChI=1S/C16H26N2/c1-13-7-9-14(10-8-13)11-18(3)12-15-5-4-6-16(15)17-2/h7-10,15-17H,4-6,11-12H2,1-3H3. The minimum atomic E-state index is 0.727. The van der Waals surface area contributed by atoms with Crippen LogP contribution >= 0.6 is 0 Å². The summed E-state index contributed by atoms with van der Waals surface area (Å²) in [6.45, 7) is 4.41. The average Bonchev–Trinajstić information content (AvgIpc) is 2.79. The molecule has 2 unspecified atom stereocenters. The first-order valence-corrected chi connectivity index (χ1v) is 7.10. The molecule has 0 radical (unpaired) electrons. The molecule has 100 valence electrons. The molecule has 1 N–H and O–H groups in total. The minimum absolute atomic E-state index is 0.727. The first-order chi connectivity index (χ1) is 8.69. The molecule has 1 aliphatic rings. The van der Waals surface area contributed by atoms with Crippen molar-refractivity contribution in [1.29, 1.82) is 0 Å². The second-order valence-electron chi connectivity index (χ2n) is 5.77. The molecule has 2 heteroatoms. The smallest absolute Gasteiger partial charge is 0.0230 e. The Kier molecular flexibility index (Phi) is 4.79. The molecule has 2 nitrogen and oxygen atoms in total. The molecule has 18 heavy (non-hydrogen) atoms. The summed E-state index contributed by atoms with van der Waals surface area (Å²) in [5.74, 6) is 0.824. The Bertz CT molecular complexity index is 358. The van der Waals surface area contributed by atoms with E-state index in [-0.39, 0.29) is 0 Å². The van der Waals surface area contributed by atoms with Gasteiger partial charge in [-0.2, -0.15) is 0 Å². The van der Waals surface area contributed by atoms with Crippen molar-refractivity contribution in [3.05, 3.63) is 35.4 Å². The van der Waals surface area contributed by atoms with Gasteiger partial charge >= 0.3 is 0 Å². The number of hydrogen-bond acceptors (Lipinski definition) is 2. The normalized spacial score (nSPS) is 23.8. The van der Waals surface area contributed by atoms with E-state index in [1.54, 1.807) is 0 Å². The van der Waals surface area contributed by atoms with Crippen molar-refractivity contribution in [2.75, 3.05) is 20.6 Å². The van der Waals surface area contributed by atoms with Gasteiger partial charge in [-0.1, -0.05) is 36.2 Å². The summed E-state index contributed by atoms with van der Waals surface area (Å²) in [4.78, 5) is 2.46. The van der Waals surface area contributed by atoms with Gasteiger partial charge < -0.3 is 10.2 Å². The van der Waals surface area contributed by atoms with Crippen molar-refractivity contribution in [2.45, 2.75) is 38.8 Å². The molecule has 0 saturated heterocycles. The highest BCUT2D eigenvalue weighted by Crippen LogP contribution is 2.26. The van der Waals surface area contributed by atoms with Crippen LogP contribution in [-0.2, 0) is 6.54 Å². The molecule has 0 amide bonds. The van der Waals surface area contributed by atoms with Crippen LogP contribution in [0, 0.1) is 12.8 Å². The molecule has 2 rings (SSSR count). The number of hydrogen-bond donors (Lipinski definition) is 1. The predicted molar refractivity (Wildman–Crippen MR) is 77.7 cm³/mol. The average molecular weight is 246 g/mol. The summed E-state index contributed by atoms with van der Waals surface area (Å²) in [6.07, 6.45) is 4.11. The monoisotopic (exact) mass is 246 g/mol. The fourth-order valence-corrected chi connectivity index (χ4v) is 3.11. The molecular weight excluding hydrogens is 220 g/mol. The summed E-state index contributed by atoms with van der Waals surface area (Å²) < 4.78 is 0. The van der Waals surface area contributed by atoms with Crippen LogP contribution in [0.2, 0.25) is 0 Å². The summed E-state index contributed by atoms with van der Waals surface area (Å²) >= 11 is 0. The van der Waals surface area contributed by atoms with Crippen LogP contribution in [0.5, 0.6) is 0 Å². The molecule has 0 aromatic heterocycles. The van der Waals surface area contributed by atoms with E-state index in [0.717, 1.165) is 18.5 Å². The van der Waals surface area contributed by atoms with Gasteiger partial charge in [-0.15, -0.1) is 0 Å². The van der Waals surface area contributed by atoms with Crippen molar-refractivity contribution in [3.8, 4) is 0 Å². The van der Waals surface area contributed by atoms with Gasteiger partial charge in [0.25, 0.3) is 0 Å². The minimum Gasteiger partial charge on any atom is -0.317 e. The fraction of sp³-hybridized carbons (Fsp3) is 0.625. The Labute approximate surface area is 111 Å². The third-order valence-electron chi connectivity index (χ3n) is 4.15. The third kappa shape index (κ3) is 3.56. The van der Waals surface area contributed by atoms with E-state index in [0.29, 0.717) is 0 Å². The Morgan fingerprint density at radius 3 is 2.61 bits per heavy atom. The van der Waals surface area contributed by atoms with E-state index in [4.69, 9.17) is 0 Å². The number of benzene rings is 1. The first kappa shape index (κ1) is 13.6. The van der Waals surface area contributed by atoms with E-state index in [1.165, 1.54) is 36.9 Å². The SMILES string of the molecule is CNC1CCCC1CN(C)Cc1ccc(C)cc1. The molecule has 0 bridgehead atoms. The van der Waals surface area contributed by atoms with Crippen LogP contribution in [0.3, 0.4) is 0 Å². The summed E-state index contributed by atoms with van der Waals surface area (Å²) in [5, 5.41) is 3.46. The maximum absolute atomic E-state index is 3.46. The molecule has 1 fully saturated rings. The number of nitrogens with zero attached hydrogens (tertiary/aromatic N) is 1. The summed E-state index contributed by atoms with van der Waals surface area (Å²) in [7, 11) is 4.34. The van der Waals surface area contributed by atoms with Gasteiger partial charge in [-0.25, -0.2) is 0 Å². The highest BCUT2D eigenvalue weighted by atomic mass is 15.1. The Hall–Kier alpha value is -0.860. The predicted octanol–water partition coefficient (Wildman–Crippen LogP) is 2.81. The summed E-state index contributed by atoms with van der Waals surface area (Å²) in [6, 6.07) is 9.63. The maximum atomic E-state index is 3.46. The Morgan fingerprint density at radius 1 is 1.22 bits per heavy atom. The van der Waals surface area contributed by atoms with Crippen molar-refractivity contribution in [3.63, 3.8) is 0 Å². The van der Waals surface area contributed by atoms with Crippen molar-refractivity contribution in [1.82, 2.24) is 10.2 Å². The van der Waals surface area contributed by atoms with Crippen LogP contribution < -0.4 is 5.32 Å². The number of aryl methyl sites for hydroxylation is 1. The molecule has 1 aromatic carbocycles. The second kappa shape index (κ2) is 6.35. The molecular formula is C16H26N2.